The summed E-state index contributed by atoms with van der Waals surface area (Å²) in [5.41, 5.74) is 1.23. The van der Waals surface area contributed by atoms with Crippen LogP contribution in [-0.2, 0) is 0 Å². The topological polar surface area (TPSA) is 15.7 Å². The summed E-state index contributed by atoms with van der Waals surface area (Å²) in [5, 5.41) is 0. The van der Waals surface area contributed by atoms with Crippen molar-refractivity contribution in [2.75, 3.05) is 45.7 Å². The number of nitrogens with zero attached hydrogens (tertiary/aromatic N) is 2. The number of halogens is 1. The van der Waals surface area contributed by atoms with Crippen molar-refractivity contribution >= 4 is 18.1 Å². The van der Waals surface area contributed by atoms with Gasteiger partial charge in [-0.2, -0.15) is 0 Å². The summed E-state index contributed by atoms with van der Waals surface area (Å²) in [6.45, 7) is 4.80. The molecule has 3 nitrogen and oxygen atoms in total. The highest BCUT2D eigenvalue weighted by atomic mass is 35.5. The Kier molecular flexibility index (Phi) is 7.75. The lowest BCUT2D eigenvalue weighted by Gasteiger charge is -2.21. The lowest BCUT2D eigenvalue weighted by molar-refractivity contribution is 0.340. The normalized spacial score (nSPS) is 9.94. The Labute approximate surface area is 111 Å². The average molecular weight is 259 g/mol. The van der Waals surface area contributed by atoms with Gasteiger partial charge >= 0.3 is 0 Å². The van der Waals surface area contributed by atoms with Gasteiger partial charge in [-0.3, -0.25) is 0 Å². The molecule has 0 N–H and O–H groups in total. The van der Waals surface area contributed by atoms with E-state index < -0.39 is 0 Å². The smallest absolute Gasteiger partial charge is 0.119 e. The predicted octanol–water partition coefficient (Wildman–Crippen LogP) is 2.50. The van der Waals surface area contributed by atoms with Gasteiger partial charge < -0.3 is 14.5 Å². The van der Waals surface area contributed by atoms with E-state index in [-0.39, 0.29) is 12.4 Å². The van der Waals surface area contributed by atoms with Crippen LogP contribution in [0.1, 0.15) is 6.92 Å². The zero-order chi connectivity index (χ0) is 12.0. The first kappa shape index (κ1) is 16.1. The minimum absolute atomic E-state index is 0. The molecule has 1 rings (SSSR count). The Hall–Kier alpha value is -0.930. The second-order valence-corrected chi connectivity index (χ2v) is 4.15. The molecule has 1 aromatic rings. The van der Waals surface area contributed by atoms with E-state index in [1.165, 1.54) is 5.69 Å². The standard InChI is InChI=1S/C13H22N2O.ClH/c1-5-16-13-8-6-12(7-9-13)15(4)11-10-14(2)3;/h6-9H,5,10-11H2,1-4H3;1H. The summed E-state index contributed by atoms with van der Waals surface area (Å²) in [4.78, 5) is 4.43. The lowest BCUT2D eigenvalue weighted by Crippen LogP contribution is -2.28. The molecule has 0 aliphatic rings. The van der Waals surface area contributed by atoms with Gasteiger partial charge in [0, 0.05) is 25.8 Å². The fourth-order valence-corrected chi connectivity index (χ4v) is 1.44. The Morgan fingerprint density at radius 3 is 2.06 bits per heavy atom. The zero-order valence-electron chi connectivity index (χ0n) is 11.1. The van der Waals surface area contributed by atoms with E-state index in [1.807, 2.05) is 19.1 Å². The highest BCUT2D eigenvalue weighted by Crippen LogP contribution is 2.18. The predicted molar refractivity (Wildman–Crippen MR) is 76.7 cm³/mol. The number of anilines is 1. The van der Waals surface area contributed by atoms with E-state index in [9.17, 15) is 0 Å². The first-order valence-electron chi connectivity index (χ1n) is 5.72. The quantitative estimate of drug-likeness (QED) is 0.780. The highest BCUT2D eigenvalue weighted by Gasteiger charge is 2.01. The fraction of sp³-hybridized carbons (Fsp3) is 0.538. The van der Waals surface area contributed by atoms with Crippen molar-refractivity contribution < 1.29 is 4.74 Å². The van der Waals surface area contributed by atoms with Crippen LogP contribution in [0.2, 0.25) is 0 Å². The van der Waals surface area contributed by atoms with Gasteiger partial charge in [0.25, 0.3) is 0 Å². The van der Waals surface area contributed by atoms with E-state index in [4.69, 9.17) is 4.74 Å². The summed E-state index contributed by atoms with van der Waals surface area (Å²) in [5.74, 6) is 0.937. The van der Waals surface area contributed by atoms with Crippen LogP contribution in [0.4, 0.5) is 5.69 Å². The molecule has 0 aliphatic carbocycles. The highest BCUT2D eigenvalue weighted by molar-refractivity contribution is 5.85. The van der Waals surface area contributed by atoms with Crippen LogP contribution in [0.25, 0.3) is 0 Å². The number of hydrogen-bond donors (Lipinski definition) is 0. The van der Waals surface area contributed by atoms with E-state index in [0.29, 0.717) is 0 Å². The molecule has 1 aromatic carbocycles. The van der Waals surface area contributed by atoms with Crippen LogP contribution in [-0.4, -0.2) is 45.7 Å². The van der Waals surface area contributed by atoms with Crippen molar-refractivity contribution in [1.29, 1.82) is 0 Å². The van der Waals surface area contributed by atoms with Crippen LogP contribution in [0.15, 0.2) is 24.3 Å². The van der Waals surface area contributed by atoms with Crippen molar-refractivity contribution in [1.82, 2.24) is 4.90 Å². The molecule has 4 heteroatoms. The summed E-state index contributed by atoms with van der Waals surface area (Å²) in [7, 11) is 6.29. The monoisotopic (exact) mass is 258 g/mol. The SMILES string of the molecule is CCOc1ccc(N(C)CCN(C)C)cc1.Cl. The van der Waals surface area contributed by atoms with Crippen LogP contribution < -0.4 is 9.64 Å². The number of likely N-dealkylation sites (N-methyl/N-ethyl adjacent to an activating group) is 2. The van der Waals surface area contributed by atoms with Gasteiger partial charge in [-0.1, -0.05) is 0 Å². The Bertz CT molecular complexity index is 301. The summed E-state index contributed by atoms with van der Waals surface area (Å²) in [6.07, 6.45) is 0. The van der Waals surface area contributed by atoms with Crippen molar-refractivity contribution in [3.05, 3.63) is 24.3 Å². The molecule has 0 saturated heterocycles. The minimum Gasteiger partial charge on any atom is -0.494 e. The van der Waals surface area contributed by atoms with Crippen molar-refractivity contribution in [2.24, 2.45) is 0 Å². The number of rotatable bonds is 6. The third kappa shape index (κ3) is 5.80. The van der Waals surface area contributed by atoms with Gasteiger partial charge in [0.15, 0.2) is 0 Å². The van der Waals surface area contributed by atoms with Crippen LogP contribution in [0.3, 0.4) is 0 Å². The lowest BCUT2D eigenvalue weighted by atomic mass is 10.3. The number of ether oxygens (including phenoxy) is 1. The van der Waals surface area contributed by atoms with Gasteiger partial charge in [-0.25, -0.2) is 0 Å². The molecular formula is C13H23ClN2O. The summed E-state index contributed by atoms with van der Waals surface area (Å²) >= 11 is 0. The molecule has 98 valence electrons. The van der Waals surface area contributed by atoms with Gasteiger partial charge in [-0.15, -0.1) is 12.4 Å². The first-order valence-corrected chi connectivity index (χ1v) is 5.72. The first-order chi connectivity index (χ1) is 7.63. The van der Waals surface area contributed by atoms with E-state index >= 15 is 0 Å². The summed E-state index contributed by atoms with van der Waals surface area (Å²) in [6, 6.07) is 8.23. The zero-order valence-corrected chi connectivity index (χ0v) is 12.0. The maximum absolute atomic E-state index is 5.41. The third-order valence-corrected chi connectivity index (χ3v) is 2.47. The minimum atomic E-state index is 0. The Morgan fingerprint density at radius 1 is 1.00 bits per heavy atom. The molecule has 0 amide bonds. The maximum atomic E-state index is 5.41. The van der Waals surface area contributed by atoms with E-state index in [0.717, 1.165) is 25.4 Å². The average Bonchev–Trinajstić information content (AvgIpc) is 2.27. The number of benzene rings is 1. The molecule has 0 saturated carbocycles. The molecule has 0 aliphatic heterocycles. The van der Waals surface area contributed by atoms with E-state index in [1.54, 1.807) is 0 Å². The molecule has 17 heavy (non-hydrogen) atoms. The molecular weight excluding hydrogens is 236 g/mol. The largest absolute Gasteiger partial charge is 0.494 e. The molecule has 0 spiro atoms. The van der Waals surface area contributed by atoms with Crippen molar-refractivity contribution in [3.8, 4) is 5.75 Å². The summed E-state index contributed by atoms with van der Waals surface area (Å²) < 4.78 is 5.41. The van der Waals surface area contributed by atoms with Gasteiger partial charge in [-0.05, 0) is 45.3 Å². The van der Waals surface area contributed by atoms with E-state index in [2.05, 4.69) is 43.1 Å². The Balaban J connectivity index is 0.00000256. The fourth-order valence-electron chi connectivity index (χ4n) is 1.44. The van der Waals surface area contributed by atoms with Crippen LogP contribution >= 0.6 is 12.4 Å². The second kappa shape index (κ2) is 8.20. The second-order valence-electron chi connectivity index (χ2n) is 4.15. The Morgan fingerprint density at radius 2 is 1.59 bits per heavy atom. The van der Waals surface area contributed by atoms with Crippen LogP contribution in [0.5, 0.6) is 5.75 Å². The van der Waals surface area contributed by atoms with Crippen molar-refractivity contribution in [2.45, 2.75) is 6.92 Å². The molecule has 0 fully saturated rings. The van der Waals surface area contributed by atoms with Gasteiger partial charge in [0.05, 0.1) is 6.61 Å². The van der Waals surface area contributed by atoms with Crippen LogP contribution in [0, 0.1) is 0 Å². The molecule has 0 aromatic heterocycles. The van der Waals surface area contributed by atoms with Gasteiger partial charge in [0.2, 0.25) is 0 Å². The molecule has 0 heterocycles. The maximum Gasteiger partial charge on any atom is 0.119 e. The molecule has 0 atom stereocenters. The molecule has 0 bridgehead atoms. The number of hydrogen-bond acceptors (Lipinski definition) is 3. The molecule has 0 radical (unpaired) electrons. The van der Waals surface area contributed by atoms with Gasteiger partial charge in [0.1, 0.15) is 5.75 Å². The molecule has 0 unspecified atom stereocenters. The third-order valence-electron chi connectivity index (χ3n) is 2.47. The van der Waals surface area contributed by atoms with Crippen molar-refractivity contribution in [3.63, 3.8) is 0 Å².